The van der Waals surface area contributed by atoms with Crippen LogP contribution in [0.1, 0.15) is 16.1 Å². The molecule has 0 amide bonds. The van der Waals surface area contributed by atoms with Crippen LogP contribution in [0.2, 0.25) is 5.02 Å². The lowest BCUT2D eigenvalue weighted by molar-refractivity contribution is 0.0693. The normalized spacial score (nSPS) is 10.2. The van der Waals surface area contributed by atoms with Crippen LogP contribution < -0.4 is 10.1 Å². The van der Waals surface area contributed by atoms with Crippen LogP contribution in [0.15, 0.2) is 24.4 Å². The molecule has 2 rings (SSSR count). The van der Waals surface area contributed by atoms with Gasteiger partial charge in [0.15, 0.2) is 0 Å². The number of carboxylic acids is 1. The van der Waals surface area contributed by atoms with Gasteiger partial charge in [-0.1, -0.05) is 11.6 Å². The molecule has 0 fully saturated rings. The molecule has 0 aliphatic rings. The Labute approximate surface area is 120 Å². The highest BCUT2D eigenvalue weighted by atomic mass is 35.5. The van der Waals surface area contributed by atoms with Crippen LogP contribution in [0.4, 0.5) is 11.6 Å². The lowest BCUT2D eigenvalue weighted by Crippen LogP contribution is -2.03. The van der Waals surface area contributed by atoms with E-state index < -0.39 is 5.97 Å². The Balaban J connectivity index is 2.40. The van der Waals surface area contributed by atoms with Gasteiger partial charge in [0.25, 0.3) is 0 Å². The molecule has 0 radical (unpaired) electrons. The first-order valence-corrected chi connectivity index (χ1v) is 6.06. The third-order valence-electron chi connectivity index (χ3n) is 2.56. The van der Waals surface area contributed by atoms with Crippen LogP contribution in [0.3, 0.4) is 0 Å². The van der Waals surface area contributed by atoms with E-state index in [1.54, 1.807) is 12.3 Å². The van der Waals surface area contributed by atoms with Gasteiger partial charge in [0, 0.05) is 18.0 Å². The highest BCUT2D eigenvalue weighted by Gasteiger charge is 2.15. The SMILES string of the molecule is COc1cc(Nc2nccc(C)n2)c(Cl)cc1C(=O)O. The number of methoxy groups -OCH3 is 1. The zero-order valence-electron chi connectivity index (χ0n) is 10.8. The number of hydrogen-bond donors (Lipinski definition) is 2. The van der Waals surface area contributed by atoms with Gasteiger partial charge in [0.05, 0.1) is 17.8 Å². The van der Waals surface area contributed by atoms with Gasteiger partial charge in [-0.15, -0.1) is 0 Å². The Morgan fingerprint density at radius 2 is 2.20 bits per heavy atom. The quantitative estimate of drug-likeness (QED) is 0.901. The fourth-order valence-corrected chi connectivity index (χ4v) is 1.83. The number of anilines is 2. The van der Waals surface area contributed by atoms with Gasteiger partial charge in [-0.25, -0.2) is 14.8 Å². The number of halogens is 1. The van der Waals surface area contributed by atoms with Gasteiger partial charge < -0.3 is 15.2 Å². The van der Waals surface area contributed by atoms with Crippen molar-refractivity contribution in [2.24, 2.45) is 0 Å². The molecule has 20 heavy (non-hydrogen) atoms. The number of ether oxygens (including phenoxy) is 1. The zero-order chi connectivity index (χ0) is 14.7. The van der Waals surface area contributed by atoms with Crippen molar-refractivity contribution in [1.82, 2.24) is 9.97 Å². The third-order valence-corrected chi connectivity index (χ3v) is 2.87. The molecule has 0 bridgehead atoms. The summed E-state index contributed by atoms with van der Waals surface area (Å²) >= 11 is 6.06. The average molecular weight is 294 g/mol. The van der Waals surface area contributed by atoms with Crippen LogP contribution in [-0.2, 0) is 0 Å². The second-order valence-electron chi connectivity index (χ2n) is 3.98. The van der Waals surface area contributed by atoms with E-state index in [0.717, 1.165) is 5.69 Å². The standard InChI is InChI=1S/C13H12ClN3O3/c1-7-3-4-15-13(16-7)17-10-6-11(20-2)8(12(18)19)5-9(10)14/h3-6H,1-2H3,(H,18,19)(H,15,16,17). The molecule has 2 N–H and O–H groups in total. The predicted octanol–water partition coefficient (Wildman–Crippen LogP) is 2.89. The summed E-state index contributed by atoms with van der Waals surface area (Å²) in [6.45, 7) is 1.84. The van der Waals surface area contributed by atoms with Gasteiger partial charge in [-0.05, 0) is 19.1 Å². The highest BCUT2D eigenvalue weighted by Crippen LogP contribution is 2.32. The van der Waals surface area contributed by atoms with Crippen molar-refractivity contribution in [2.45, 2.75) is 6.92 Å². The second kappa shape index (κ2) is 5.75. The van der Waals surface area contributed by atoms with Crippen LogP contribution in [0, 0.1) is 6.92 Å². The summed E-state index contributed by atoms with van der Waals surface area (Å²) in [5, 5.41) is 12.2. The van der Waals surface area contributed by atoms with Crippen LogP contribution in [0.25, 0.3) is 0 Å². The lowest BCUT2D eigenvalue weighted by Gasteiger charge is -2.11. The van der Waals surface area contributed by atoms with Crippen molar-refractivity contribution in [3.63, 3.8) is 0 Å². The van der Waals surface area contributed by atoms with Crippen molar-refractivity contribution in [2.75, 3.05) is 12.4 Å². The summed E-state index contributed by atoms with van der Waals surface area (Å²) in [6, 6.07) is 4.58. The molecule has 6 nitrogen and oxygen atoms in total. The molecule has 0 unspecified atom stereocenters. The number of hydrogen-bond acceptors (Lipinski definition) is 5. The minimum absolute atomic E-state index is 0.00629. The highest BCUT2D eigenvalue weighted by molar-refractivity contribution is 6.33. The van der Waals surface area contributed by atoms with Crippen molar-refractivity contribution in [1.29, 1.82) is 0 Å². The Morgan fingerprint density at radius 1 is 1.45 bits per heavy atom. The third kappa shape index (κ3) is 2.97. The Kier molecular flexibility index (Phi) is 4.05. The first-order valence-electron chi connectivity index (χ1n) is 5.68. The number of aromatic nitrogens is 2. The van der Waals surface area contributed by atoms with Crippen molar-refractivity contribution < 1.29 is 14.6 Å². The summed E-state index contributed by atoms with van der Waals surface area (Å²) in [7, 11) is 1.39. The molecular weight excluding hydrogens is 282 g/mol. The van der Waals surface area contributed by atoms with Gasteiger partial charge in [-0.2, -0.15) is 0 Å². The topological polar surface area (TPSA) is 84.3 Å². The molecular formula is C13H12ClN3O3. The number of carbonyl (C=O) groups is 1. The fourth-order valence-electron chi connectivity index (χ4n) is 1.61. The van der Waals surface area contributed by atoms with Crippen LogP contribution >= 0.6 is 11.6 Å². The molecule has 2 aromatic rings. The van der Waals surface area contributed by atoms with E-state index in [2.05, 4.69) is 15.3 Å². The number of carboxylic acid groups (broad SMARTS) is 1. The van der Waals surface area contributed by atoms with E-state index in [0.29, 0.717) is 11.6 Å². The summed E-state index contributed by atoms with van der Waals surface area (Å²) in [5.41, 5.74) is 1.26. The molecule has 1 aromatic carbocycles. The summed E-state index contributed by atoms with van der Waals surface area (Å²) in [4.78, 5) is 19.3. The van der Waals surface area contributed by atoms with Crippen molar-refractivity contribution >= 4 is 29.2 Å². The van der Waals surface area contributed by atoms with Crippen molar-refractivity contribution in [3.05, 3.63) is 40.7 Å². The number of nitrogens with zero attached hydrogens (tertiary/aromatic N) is 2. The molecule has 1 heterocycles. The van der Waals surface area contributed by atoms with E-state index in [1.165, 1.54) is 19.2 Å². The van der Waals surface area contributed by atoms with Gasteiger partial charge >= 0.3 is 5.97 Å². The van der Waals surface area contributed by atoms with E-state index >= 15 is 0 Å². The smallest absolute Gasteiger partial charge is 0.339 e. The maximum absolute atomic E-state index is 11.1. The van der Waals surface area contributed by atoms with Gasteiger partial charge in [0.2, 0.25) is 5.95 Å². The summed E-state index contributed by atoms with van der Waals surface area (Å²) < 4.78 is 5.04. The molecule has 1 aromatic heterocycles. The summed E-state index contributed by atoms with van der Waals surface area (Å²) in [5.74, 6) is -0.531. The Bertz CT molecular complexity index is 661. The molecule has 0 aliphatic carbocycles. The van der Waals surface area contributed by atoms with Crippen LogP contribution in [0.5, 0.6) is 5.75 Å². The zero-order valence-corrected chi connectivity index (χ0v) is 11.6. The first-order chi connectivity index (χ1) is 9.51. The maximum Gasteiger partial charge on any atom is 0.339 e. The predicted molar refractivity (Wildman–Crippen MR) is 75.0 cm³/mol. The van der Waals surface area contributed by atoms with E-state index in [9.17, 15) is 4.79 Å². The Hall–Kier alpha value is -2.34. The molecule has 0 saturated carbocycles. The molecule has 7 heteroatoms. The van der Waals surface area contributed by atoms with Crippen molar-refractivity contribution in [3.8, 4) is 5.75 Å². The second-order valence-corrected chi connectivity index (χ2v) is 4.39. The first kappa shape index (κ1) is 14.1. The van der Waals surface area contributed by atoms with E-state index in [4.69, 9.17) is 21.4 Å². The number of rotatable bonds is 4. The average Bonchev–Trinajstić information content (AvgIpc) is 2.40. The number of aromatic carboxylic acids is 1. The number of aryl methyl sites for hydroxylation is 1. The molecule has 0 aliphatic heterocycles. The number of nitrogens with one attached hydrogen (secondary N) is 1. The van der Waals surface area contributed by atoms with E-state index in [-0.39, 0.29) is 16.3 Å². The Morgan fingerprint density at radius 3 is 2.80 bits per heavy atom. The number of benzene rings is 1. The monoisotopic (exact) mass is 293 g/mol. The minimum atomic E-state index is -1.11. The molecule has 0 atom stereocenters. The molecule has 0 saturated heterocycles. The lowest BCUT2D eigenvalue weighted by atomic mass is 10.2. The maximum atomic E-state index is 11.1. The largest absolute Gasteiger partial charge is 0.496 e. The summed E-state index contributed by atoms with van der Waals surface area (Å²) in [6.07, 6.45) is 1.61. The van der Waals surface area contributed by atoms with Gasteiger partial charge in [0.1, 0.15) is 11.3 Å². The minimum Gasteiger partial charge on any atom is -0.496 e. The fraction of sp³-hybridized carbons (Fsp3) is 0.154. The molecule has 0 spiro atoms. The van der Waals surface area contributed by atoms with Gasteiger partial charge in [-0.3, -0.25) is 0 Å². The molecule has 104 valence electrons. The van der Waals surface area contributed by atoms with E-state index in [1.807, 2.05) is 6.92 Å². The van der Waals surface area contributed by atoms with Crippen LogP contribution in [-0.4, -0.2) is 28.2 Å².